The van der Waals surface area contributed by atoms with Crippen molar-refractivity contribution in [2.24, 2.45) is 5.92 Å². The van der Waals surface area contributed by atoms with E-state index in [0.29, 0.717) is 12.0 Å². The number of imidazole rings is 1. The summed E-state index contributed by atoms with van der Waals surface area (Å²) in [6.45, 7) is 8.21. The maximum atomic E-state index is 5.47. The first-order chi connectivity index (χ1) is 8.86. The van der Waals surface area contributed by atoms with Gasteiger partial charge in [-0.3, -0.25) is 0 Å². The molecule has 102 valence electrons. The van der Waals surface area contributed by atoms with E-state index in [9.17, 15) is 0 Å². The Balaban J connectivity index is 2.12. The van der Waals surface area contributed by atoms with E-state index in [1.165, 1.54) is 5.82 Å². The molecule has 1 fully saturated rings. The summed E-state index contributed by atoms with van der Waals surface area (Å²) in [5.41, 5.74) is 0. The fourth-order valence-corrected chi connectivity index (χ4v) is 2.68. The molecule has 1 aromatic heterocycles. The molecule has 0 aromatic carbocycles. The molecule has 1 aliphatic rings. The number of aromatic nitrogens is 2. The van der Waals surface area contributed by atoms with Gasteiger partial charge in [0.2, 0.25) is 0 Å². The van der Waals surface area contributed by atoms with Gasteiger partial charge in [-0.15, -0.1) is 0 Å². The Morgan fingerprint density at radius 2 is 2.22 bits per heavy atom. The minimum atomic E-state index is 0.379. The molecule has 1 aliphatic heterocycles. The molecule has 2 heterocycles. The molecule has 1 saturated heterocycles. The predicted octanol–water partition coefficient (Wildman–Crippen LogP) is 2.37. The summed E-state index contributed by atoms with van der Waals surface area (Å²) in [4.78, 5) is 4.58. The Kier molecular flexibility index (Phi) is 5.20. The van der Waals surface area contributed by atoms with Gasteiger partial charge in [0, 0.05) is 32.2 Å². The largest absolute Gasteiger partial charge is 0.381 e. The minimum absolute atomic E-state index is 0.379. The Hall–Kier alpha value is -0.870. The molecule has 0 saturated carbocycles. The van der Waals surface area contributed by atoms with Gasteiger partial charge in [-0.05, 0) is 38.6 Å². The normalized spacial score (nSPS) is 19.0. The van der Waals surface area contributed by atoms with Crippen LogP contribution in [0.1, 0.15) is 45.0 Å². The van der Waals surface area contributed by atoms with Crippen molar-refractivity contribution < 1.29 is 4.74 Å². The summed E-state index contributed by atoms with van der Waals surface area (Å²) in [7, 11) is 0. The van der Waals surface area contributed by atoms with Crippen molar-refractivity contribution in [2.75, 3.05) is 19.8 Å². The summed E-state index contributed by atoms with van der Waals surface area (Å²) in [6.07, 6.45) is 7.43. The van der Waals surface area contributed by atoms with Crippen molar-refractivity contribution in [1.82, 2.24) is 14.9 Å². The van der Waals surface area contributed by atoms with Gasteiger partial charge in [-0.1, -0.05) is 6.92 Å². The van der Waals surface area contributed by atoms with E-state index >= 15 is 0 Å². The summed E-state index contributed by atoms with van der Waals surface area (Å²) >= 11 is 0. The third-order valence-electron chi connectivity index (χ3n) is 3.72. The zero-order valence-electron chi connectivity index (χ0n) is 11.6. The zero-order chi connectivity index (χ0) is 12.8. The highest BCUT2D eigenvalue weighted by atomic mass is 16.5. The van der Waals surface area contributed by atoms with Crippen molar-refractivity contribution in [3.8, 4) is 0 Å². The van der Waals surface area contributed by atoms with Crippen LogP contribution in [-0.2, 0) is 11.3 Å². The van der Waals surface area contributed by atoms with Crippen LogP contribution in [0.5, 0.6) is 0 Å². The average molecular weight is 251 g/mol. The summed E-state index contributed by atoms with van der Waals surface area (Å²) < 4.78 is 7.73. The number of hydrogen-bond donors (Lipinski definition) is 1. The van der Waals surface area contributed by atoms with Gasteiger partial charge in [-0.2, -0.15) is 0 Å². The fourth-order valence-electron chi connectivity index (χ4n) is 2.68. The standard InChI is InChI=1S/C14H25N3O/c1-3-7-15-13(12-5-10-18-11-6-12)14-16-8-9-17(14)4-2/h8-9,12-13,15H,3-7,10-11H2,1-2H3. The molecule has 4 nitrogen and oxygen atoms in total. The third kappa shape index (κ3) is 3.12. The number of rotatable bonds is 6. The van der Waals surface area contributed by atoms with Crippen molar-refractivity contribution in [3.05, 3.63) is 18.2 Å². The van der Waals surface area contributed by atoms with Gasteiger partial charge < -0.3 is 14.6 Å². The van der Waals surface area contributed by atoms with E-state index in [0.717, 1.165) is 45.6 Å². The molecule has 0 amide bonds. The summed E-state index contributed by atoms with van der Waals surface area (Å²) in [5, 5.41) is 3.68. The van der Waals surface area contributed by atoms with Crippen LogP contribution in [-0.4, -0.2) is 29.3 Å². The monoisotopic (exact) mass is 251 g/mol. The second-order valence-electron chi connectivity index (χ2n) is 4.95. The van der Waals surface area contributed by atoms with E-state index < -0.39 is 0 Å². The predicted molar refractivity (Wildman–Crippen MR) is 72.5 cm³/mol. The van der Waals surface area contributed by atoms with Crippen LogP contribution >= 0.6 is 0 Å². The highest BCUT2D eigenvalue weighted by Gasteiger charge is 2.27. The number of nitrogens with one attached hydrogen (secondary N) is 1. The molecular weight excluding hydrogens is 226 g/mol. The van der Waals surface area contributed by atoms with Crippen LogP contribution in [0.4, 0.5) is 0 Å². The van der Waals surface area contributed by atoms with Gasteiger partial charge in [0.25, 0.3) is 0 Å². The lowest BCUT2D eigenvalue weighted by atomic mass is 9.91. The van der Waals surface area contributed by atoms with E-state index in [-0.39, 0.29) is 0 Å². The lowest BCUT2D eigenvalue weighted by Crippen LogP contribution is -2.34. The molecule has 1 aromatic rings. The number of hydrogen-bond acceptors (Lipinski definition) is 3. The maximum absolute atomic E-state index is 5.47. The Morgan fingerprint density at radius 3 is 2.89 bits per heavy atom. The molecule has 0 spiro atoms. The SMILES string of the molecule is CCCNC(c1nccn1CC)C1CCOCC1. The Morgan fingerprint density at radius 1 is 1.44 bits per heavy atom. The van der Waals surface area contributed by atoms with Crippen LogP contribution in [0, 0.1) is 5.92 Å². The first kappa shape index (κ1) is 13.6. The van der Waals surface area contributed by atoms with Crippen molar-refractivity contribution >= 4 is 0 Å². The van der Waals surface area contributed by atoms with Gasteiger partial charge in [0.1, 0.15) is 5.82 Å². The molecule has 1 atom stereocenters. The van der Waals surface area contributed by atoms with Crippen LogP contribution in [0.25, 0.3) is 0 Å². The second kappa shape index (κ2) is 6.90. The molecule has 1 N–H and O–H groups in total. The van der Waals surface area contributed by atoms with Gasteiger partial charge in [0.15, 0.2) is 0 Å². The molecule has 0 bridgehead atoms. The van der Waals surface area contributed by atoms with Gasteiger partial charge in [0.05, 0.1) is 6.04 Å². The van der Waals surface area contributed by atoms with Crippen molar-refractivity contribution in [3.63, 3.8) is 0 Å². The van der Waals surface area contributed by atoms with Crippen LogP contribution in [0.2, 0.25) is 0 Å². The minimum Gasteiger partial charge on any atom is -0.381 e. The smallest absolute Gasteiger partial charge is 0.126 e. The topological polar surface area (TPSA) is 39.1 Å². The van der Waals surface area contributed by atoms with E-state index in [1.807, 2.05) is 6.20 Å². The quantitative estimate of drug-likeness (QED) is 0.843. The Bertz CT molecular complexity index is 345. The van der Waals surface area contributed by atoms with E-state index in [1.54, 1.807) is 0 Å². The number of ether oxygens (including phenoxy) is 1. The lowest BCUT2D eigenvalue weighted by molar-refractivity contribution is 0.0520. The second-order valence-corrected chi connectivity index (χ2v) is 4.95. The van der Waals surface area contributed by atoms with Crippen molar-refractivity contribution in [1.29, 1.82) is 0 Å². The molecule has 18 heavy (non-hydrogen) atoms. The maximum Gasteiger partial charge on any atom is 0.126 e. The molecular formula is C14H25N3O. The first-order valence-corrected chi connectivity index (χ1v) is 7.19. The third-order valence-corrected chi connectivity index (χ3v) is 3.72. The molecule has 4 heteroatoms. The fraction of sp³-hybridized carbons (Fsp3) is 0.786. The van der Waals surface area contributed by atoms with Gasteiger partial charge in [-0.25, -0.2) is 4.98 Å². The molecule has 0 radical (unpaired) electrons. The van der Waals surface area contributed by atoms with Crippen LogP contribution < -0.4 is 5.32 Å². The van der Waals surface area contributed by atoms with E-state index in [2.05, 4.69) is 34.9 Å². The zero-order valence-corrected chi connectivity index (χ0v) is 11.6. The molecule has 2 rings (SSSR count). The van der Waals surface area contributed by atoms with E-state index in [4.69, 9.17) is 4.74 Å². The average Bonchev–Trinajstić information content (AvgIpc) is 2.89. The summed E-state index contributed by atoms with van der Waals surface area (Å²) in [6, 6.07) is 0.379. The van der Waals surface area contributed by atoms with Crippen LogP contribution in [0.15, 0.2) is 12.4 Å². The highest BCUT2D eigenvalue weighted by molar-refractivity contribution is 5.02. The van der Waals surface area contributed by atoms with Crippen LogP contribution in [0.3, 0.4) is 0 Å². The number of nitrogens with zero attached hydrogens (tertiary/aromatic N) is 2. The molecule has 0 aliphatic carbocycles. The number of aryl methyl sites for hydroxylation is 1. The lowest BCUT2D eigenvalue weighted by Gasteiger charge is -2.31. The Labute approximate surface area is 110 Å². The first-order valence-electron chi connectivity index (χ1n) is 7.19. The van der Waals surface area contributed by atoms with Crippen molar-refractivity contribution in [2.45, 2.75) is 45.7 Å². The highest BCUT2D eigenvalue weighted by Crippen LogP contribution is 2.29. The molecule has 1 unspecified atom stereocenters. The van der Waals surface area contributed by atoms with Gasteiger partial charge >= 0.3 is 0 Å². The summed E-state index contributed by atoms with van der Waals surface area (Å²) in [5.74, 6) is 1.84.